The zero-order valence-corrected chi connectivity index (χ0v) is 20.2. The highest BCUT2D eigenvalue weighted by molar-refractivity contribution is 6.09. The third kappa shape index (κ3) is 3.80. The highest BCUT2D eigenvalue weighted by Crippen LogP contribution is 2.45. The molecule has 174 valence electrons. The first-order valence-electron chi connectivity index (χ1n) is 11.6. The monoisotopic (exact) mass is 455 g/mol. The first kappa shape index (κ1) is 22.4. The first-order valence-corrected chi connectivity index (χ1v) is 11.6. The second kappa shape index (κ2) is 8.10. The number of hydrogen-bond donors (Lipinski definition) is 1. The summed E-state index contributed by atoms with van der Waals surface area (Å²) in [7, 11) is 0. The van der Waals surface area contributed by atoms with Crippen molar-refractivity contribution in [2.75, 3.05) is 6.61 Å². The minimum atomic E-state index is -1.12. The summed E-state index contributed by atoms with van der Waals surface area (Å²) in [5, 5.41) is 13.3. The van der Waals surface area contributed by atoms with E-state index in [9.17, 15) is 9.90 Å². The summed E-state index contributed by atoms with van der Waals surface area (Å²) in [6, 6.07) is 16.3. The summed E-state index contributed by atoms with van der Waals surface area (Å²) in [5.41, 5.74) is 5.68. The second-order valence-corrected chi connectivity index (χ2v) is 10.00. The minimum absolute atomic E-state index is 0.638. The highest BCUT2D eigenvalue weighted by Gasteiger charge is 2.32. The third-order valence-corrected chi connectivity index (χ3v) is 6.33. The molecule has 3 aromatic carbocycles. The van der Waals surface area contributed by atoms with Gasteiger partial charge in [-0.1, -0.05) is 30.3 Å². The van der Waals surface area contributed by atoms with Crippen LogP contribution in [0.1, 0.15) is 49.3 Å². The average molecular weight is 456 g/mol. The number of ether oxygens (including phenoxy) is 2. The van der Waals surface area contributed by atoms with Gasteiger partial charge in [-0.3, -0.25) is 4.98 Å². The molecule has 1 aromatic heterocycles. The lowest BCUT2D eigenvalue weighted by Crippen LogP contribution is -2.28. The quantitative estimate of drug-likeness (QED) is 0.378. The van der Waals surface area contributed by atoms with Crippen LogP contribution in [0.4, 0.5) is 0 Å². The van der Waals surface area contributed by atoms with E-state index in [-0.39, 0.29) is 0 Å². The maximum atomic E-state index is 12.6. The Morgan fingerprint density at radius 1 is 1.09 bits per heavy atom. The summed E-state index contributed by atoms with van der Waals surface area (Å²) in [6.45, 7) is 10.2. The van der Waals surface area contributed by atoms with Crippen LogP contribution in [-0.4, -0.2) is 28.3 Å². The maximum Gasteiger partial charge on any atom is 0.337 e. The van der Waals surface area contributed by atoms with Crippen LogP contribution >= 0.6 is 0 Å². The van der Waals surface area contributed by atoms with Crippen molar-refractivity contribution >= 4 is 27.6 Å². The first-order chi connectivity index (χ1) is 16.1. The van der Waals surface area contributed by atoms with Crippen LogP contribution in [0.15, 0.2) is 48.5 Å². The fourth-order valence-corrected chi connectivity index (χ4v) is 5.00. The lowest BCUT2D eigenvalue weighted by molar-refractivity contribution is -0.160. The number of aliphatic carboxylic acids is 1. The topological polar surface area (TPSA) is 68.7 Å². The molecule has 0 bridgehead atoms. The lowest BCUT2D eigenvalue weighted by Gasteiger charge is -2.29. The van der Waals surface area contributed by atoms with E-state index in [0.717, 1.165) is 56.2 Å². The third-order valence-electron chi connectivity index (χ3n) is 6.33. The molecule has 0 saturated heterocycles. The number of hydrogen-bond acceptors (Lipinski definition) is 4. The molecule has 1 aliphatic rings. The number of carboxylic acid groups (broad SMARTS) is 1. The molecule has 0 spiro atoms. The molecule has 1 N–H and O–H groups in total. The van der Waals surface area contributed by atoms with Gasteiger partial charge in [0.1, 0.15) is 5.75 Å². The molecular formula is C29H29NO4. The van der Waals surface area contributed by atoms with Crippen molar-refractivity contribution in [3.05, 3.63) is 70.9 Å². The normalized spacial score (nSPS) is 14.3. The van der Waals surface area contributed by atoms with Gasteiger partial charge in [-0.2, -0.15) is 0 Å². The van der Waals surface area contributed by atoms with Crippen LogP contribution in [-0.2, 0) is 16.0 Å². The Balaban J connectivity index is 1.91. The van der Waals surface area contributed by atoms with Crippen molar-refractivity contribution in [3.63, 3.8) is 0 Å². The molecule has 1 unspecified atom stereocenters. The standard InChI is InChI=1S/C29H29NO4/c1-16-15-22-21(10-9-17(2)30-22)26(24(16)27(28(31)32)34-29(3,4)5)20-11-12-23-25-18(13-14-33-23)7-6-8-19(20)25/h6-12,15,27H,13-14H2,1-5H3,(H,31,32). The second-order valence-electron chi connectivity index (χ2n) is 10.00. The zero-order valence-electron chi connectivity index (χ0n) is 20.2. The van der Waals surface area contributed by atoms with Crippen LogP contribution in [0, 0.1) is 13.8 Å². The van der Waals surface area contributed by atoms with Gasteiger partial charge >= 0.3 is 5.97 Å². The summed E-state index contributed by atoms with van der Waals surface area (Å²) < 4.78 is 12.1. The molecule has 5 nitrogen and oxygen atoms in total. The molecule has 1 atom stereocenters. The fourth-order valence-electron chi connectivity index (χ4n) is 5.00. The molecule has 0 fully saturated rings. The number of aromatic nitrogens is 1. The molecule has 1 aliphatic heterocycles. The van der Waals surface area contributed by atoms with Gasteiger partial charge in [-0.15, -0.1) is 0 Å². The van der Waals surface area contributed by atoms with Crippen LogP contribution in [0.5, 0.6) is 5.75 Å². The van der Waals surface area contributed by atoms with Gasteiger partial charge in [0, 0.05) is 28.5 Å². The molecule has 0 saturated carbocycles. The van der Waals surface area contributed by atoms with E-state index in [0.29, 0.717) is 12.2 Å². The number of benzene rings is 3. The van der Waals surface area contributed by atoms with E-state index < -0.39 is 17.7 Å². The molecule has 5 heteroatoms. The number of carbonyl (C=O) groups is 1. The van der Waals surface area contributed by atoms with E-state index in [1.54, 1.807) is 0 Å². The smallest absolute Gasteiger partial charge is 0.337 e. The highest BCUT2D eigenvalue weighted by atomic mass is 16.5. The van der Waals surface area contributed by atoms with E-state index in [1.165, 1.54) is 5.56 Å². The fraction of sp³-hybridized carbons (Fsp3) is 0.310. The van der Waals surface area contributed by atoms with Crippen molar-refractivity contribution in [1.29, 1.82) is 0 Å². The molecule has 2 heterocycles. The maximum absolute atomic E-state index is 12.6. The Bertz CT molecular complexity index is 1440. The number of carboxylic acids is 1. The van der Waals surface area contributed by atoms with Crippen molar-refractivity contribution in [2.24, 2.45) is 0 Å². The number of nitrogens with zero attached hydrogens (tertiary/aromatic N) is 1. The van der Waals surface area contributed by atoms with Crippen molar-refractivity contribution in [3.8, 4) is 16.9 Å². The zero-order chi connectivity index (χ0) is 24.2. The molecular weight excluding hydrogens is 426 g/mol. The van der Waals surface area contributed by atoms with Gasteiger partial charge in [0.15, 0.2) is 6.10 Å². The number of aryl methyl sites for hydroxylation is 2. The van der Waals surface area contributed by atoms with Crippen molar-refractivity contribution in [2.45, 2.75) is 52.7 Å². The minimum Gasteiger partial charge on any atom is -0.493 e. The lowest BCUT2D eigenvalue weighted by atomic mass is 9.85. The van der Waals surface area contributed by atoms with Gasteiger partial charge < -0.3 is 14.6 Å². The summed E-state index contributed by atoms with van der Waals surface area (Å²) in [4.78, 5) is 17.3. The van der Waals surface area contributed by atoms with Gasteiger partial charge in [0.25, 0.3) is 0 Å². The summed E-state index contributed by atoms with van der Waals surface area (Å²) in [5.74, 6) is -0.140. The number of fused-ring (bicyclic) bond motifs is 1. The van der Waals surface area contributed by atoms with Gasteiger partial charge in [0.2, 0.25) is 0 Å². The van der Waals surface area contributed by atoms with Gasteiger partial charge in [-0.05, 0) is 80.5 Å². The average Bonchev–Trinajstić information content (AvgIpc) is 2.77. The number of rotatable bonds is 4. The Hall–Kier alpha value is -3.44. The molecule has 4 aromatic rings. The molecule has 0 aliphatic carbocycles. The molecule has 5 rings (SSSR count). The predicted octanol–water partition coefficient (Wildman–Crippen LogP) is 6.55. The number of pyridine rings is 1. The van der Waals surface area contributed by atoms with E-state index >= 15 is 0 Å². The Morgan fingerprint density at radius 3 is 2.62 bits per heavy atom. The van der Waals surface area contributed by atoms with Gasteiger partial charge in [0.05, 0.1) is 17.7 Å². The van der Waals surface area contributed by atoms with Crippen LogP contribution in [0.2, 0.25) is 0 Å². The van der Waals surface area contributed by atoms with E-state index in [2.05, 4.69) is 18.2 Å². The van der Waals surface area contributed by atoms with Gasteiger partial charge in [-0.25, -0.2) is 4.79 Å². The van der Waals surface area contributed by atoms with Crippen molar-refractivity contribution in [1.82, 2.24) is 4.98 Å². The van der Waals surface area contributed by atoms with Crippen LogP contribution in [0.25, 0.3) is 32.8 Å². The van der Waals surface area contributed by atoms with Crippen LogP contribution < -0.4 is 4.74 Å². The molecule has 0 radical (unpaired) electrons. The molecule has 0 amide bonds. The Labute approximate surface area is 199 Å². The van der Waals surface area contributed by atoms with Crippen LogP contribution in [0.3, 0.4) is 0 Å². The molecule has 34 heavy (non-hydrogen) atoms. The Morgan fingerprint density at radius 2 is 1.88 bits per heavy atom. The van der Waals surface area contributed by atoms with E-state index in [4.69, 9.17) is 14.5 Å². The van der Waals surface area contributed by atoms with Crippen molar-refractivity contribution < 1.29 is 19.4 Å². The summed E-state index contributed by atoms with van der Waals surface area (Å²) >= 11 is 0. The Kier molecular flexibility index (Phi) is 5.33. The SMILES string of the molecule is Cc1ccc2c(-c3ccc4c5c(cccc35)CCO4)c(C(OC(C)(C)C)C(=O)O)c(C)cc2n1. The largest absolute Gasteiger partial charge is 0.493 e. The van der Waals surface area contributed by atoms with E-state index in [1.807, 2.05) is 65.0 Å². The summed E-state index contributed by atoms with van der Waals surface area (Å²) in [6.07, 6.45) is -0.274. The predicted molar refractivity (Wildman–Crippen MR) is 135 cm³/mol.